The standard InChI is InChI=1S/C11H19N3O4S/c1-14-8-9(7-10(14)11(12)16)19(17,18)13-5-3-2-4-6-15/h7-8,13,15H,2-6H2,1H3,(H2,12,16). The van der Waals surface area contributed by atoms with E-state index in [1.165, 1.54) is 16.8 Å². The van der Waals surface area contributed by atoms with Gasteiger partial charge in [0.15, 0.2) is 0 Å². The number of amides is 1. The van der Waals surface area contributed by atoms with E-state index in [0.29, 0.717) is 19.4 Å². The first-order chi connectivity index (χ1) is 8.88. The van der Waals surface area contributed by atoms with Crippen molar-refractivity contribution in [1.82, 2.24) is 9.29 Å². The number of nitrogens with zero attached hydrogens (tertiary/aromatic N) is 1. The molecule has 1 rings (SSSR count). The van der Waals surface area contributed by atoms with E-state index >= 15 is 0 Å². The molecule has 0 aliphatic heterocycles. The van der Waals surface area contributed by atoms with Crippen LogP contribution in [0.1, 0.15) is 29.8 Å². The van der Waals surface area contributed by atoms with Crippen molar-refractivity contribution in [3.8, 4) is 0 Å². The number of hydrogen-bond acceptors (Lipinski definition) is 4. The van der Waals surface area contributed by atoms with E-state index in [9.17, 15) is 13.2 Å². The number of nitrogens with one attached hydrogen (secondary N) is 1. The summed E-state index contributed by atoms with van der Waals surface area (Å²) >= 11 is 0. The van der Waals surface area contributed by atoms with Crippen molar-refractivity contribution in [2.75, 3.05) is 13.2 Å². The van der Waals surface area contributed by atoms with Crippen molar-refractivity contribution in [3.05, 3.63) is 18.0 Å². The van der Waals surface area contributed by atoms with E-state index in [-0.39, 0.29) is 17.2 Å². The lowest BCUT2D eigenvalue weighted by Crippen LogP contribution is -2.24. The summed E-state index contributed by atoms with van der Waals surface area (Å²) in [5, 5.41) is 8.60. The number of carbonyl (C=O) groups excluding carboxylic acids is 1. The summed E-state index contributed by atoms with van der Waals surface area (Å²) in [4.78, 5) is 11.1. The number of unbranched alkanes of at least 4 members (excludes halogenated alkanes) is 2. The number of aryl methyl sites for hydroxylation is 1. The van der Waals surface area contributed by atoms with Gasteiger partial charge < -0.3 is 15.4 Å². The van der Waals surface area contributed by atoms with E-state index in [0.717, 1.165) is 6.42 Å². The lowest BCUT2D eigenvalue weighted by atomic mass is 10.2. The summed E-state index contributed by atoms with van der Waals surface area (Å²) in [6.07, 6.45) is 3.39. The Balaban J connectivity index is 2.67. The van der Waals surface area contributed by atoms with Gasteiger partial charge in [-0.05, 0) is 25.3 Å². The first-order valence-corrected chi connectivity index (χ1v) is 7.43. The summed E-state index contributed by atoms with van der Waals surface area (Å²) in [7, 11) is -2.07. The van der Waals surface area contributed by atoms with Crippen LogP contribution in [0, 0.1) is 0 Å². The second kappa shape index (κ2) is 6.69. The Kier molecular flexibility index (Phi) is 5.52. The van der Waals surface area contributed by atoms with Gasteiger partial charge in [0.05, 0.1) is 0 Å². The van der Waals surface area contributed by atoms with Gasteiger partial charge in [-0.3, -0.25) is 4.79 Å². The van der Waals surface area contributed by atoms with Crippen molar-refractivity contribution in [2.24, 2.45) is 12.8 Å². The molecule has 0 aromatic carbocycles. The minimum absolute atomic E-state index is 0.0194. The molecular formula is C11H19N3O4S. The third kappa shape index (κ3) is 4.34. The maximum Gasteiger partial charge on any atom is 0.265 e. The fraction of sp³-hybridized carbons (Fsp3) is 0.545. The summed E-state index contributed by atoms with van der Waals surface area (Å²) < 4.78 is 27.7. The Morgan fingerprint density at radius 2 is 2.11 bits per heavy atom. The van der Waals surface area contributed by atoms with Crippen molar-refractivity contribution in [3.63, 3.8) is 0 Å². The molecule has 0 atom stereocenters. The van der Waals surface area contributed by atoms with Gasteiger partial charge >= 0.3 is 0 Å². The largest absolute Gasteiger partial charge is 0.396 e. The second-order valence-electron chi connectivity index (χ2n) is 4.22. The molecule has 7 nitrogen and oxygen atoms in total. The molecule has 0 radical (unpaired) electrons. The third-order valence-electron chi connectivity index (χ3n) is 2.67. The SMILES string of the molecule is Cn1cc(S(=O)(=O)NCCCCCO)cc1C(N)=O. The minimum Gasteiger partial charge on any atom is -0.396 e. The molecule has 8 heteroatoms. The molecule has 0 fully saturated rings. The van der Waals surface area contributed by atoms with Crippen LogP contribution < -0.4 is 10.5 Å². The van der Waals surface area contributed by atoms with Gasteiger partial charge in [-0.2, -0.15) is 0 Å². The average molecular weight is 289 g/mol. The number of sulfonamides is 1. The molecule has 0 aliphatic rings. The molecule has 1 heterocycles. The van der Waals surface area contributed by atoms with Crippen LogP contribution in [0.25, 0.3) is 0 Å². The number of rotatable bonds is 8. The van der Waals surface area contributed by atoms with Gasteiger partial charge in [-0.15, -0.1) is 0 Å². The average Bonchev–Trinajstić information content (AvgIpc) is 2.72. The van der Waals surface area contributed by atoms with Gasteiger partial charge in [-0.25, -0.2) is 13.1 Å². The molecule has 0 saturated carbocycles. The van der Waals surface area contributed by atoms with Crippen LogP contribution in [-0.2, 0) is 17.1 Å². The van der Waals surface area contributed by atoms with Gasteiger partial charge in [-0.1, -0.05) is 0 Å². The van der Waals surface area contributed by atoms with Crippen LogP contribution >= 0.6 is 0 Å². The van der Waals surface area contributed by atoms with Crippen LogP contribution in [0.4, 0.5) is 0 Å². The molecule has 0 spiro atoms. The van der Waals surface area contributed by atoms with Crippen molar-refractivity contribution in [1.29, 1.82) is 0 Å². The van der Waals surface area contributed by atoms with Crippen LogP contribution in [0.2, 0.25) is 0 Å². The summed E-state index contributed by atoms with van der Waals surface area (Å²) in [6, 6.07) is 1.25. The van der Waals surface area contributed by atoms with Crippen LogP contribution in [0.15, 0.2) is 17.2 Å². The predicted molar refractivity (Wildman–Crippen MR) is 70.1 cm³/mol. The molecule has 0 aliphatic carbocycles. The maximum atomic E-state index is 11.9. The predicted octanol–water partition coefficient (Wildman–Crippen LogP) is -0.435. The molecule has 108 valence electrons. The Hall–Kier alpha value is -1.38. The van der Waals surface area contributed by atoms with Crippen molar-refractivity contribution < 1.29 is 18.3 Å². The molecule has 1 amide bonds. The zero-order valence-corrected chi connectivity index (χ0v) is 11.6. The highest BCUT2D eigenvalue weighted by atomic mass is 32.2. The number of hydrogen-bond donors (Lipinski definition) is 3. The van der Waals surface area contributed by atoms with E-state index in [2.05, 4.69) is 4.72 Å². The highest BCUT2D eigenvalue weighted by Gasteiger charge is 2.18. The Morgan fingerprint density at radius 3 is 2.63 bits per heavy atom. The fourth-order valence-electron chi connectivity index (χ4n) is 1.63. The molecule has 0 saturated heterocycles. The van der Waals surface area contributed by atoms with Gasteiger partial charge in [0.2, 0.25) is 10.0 Å². The van der Waals surface area contributed by atoms with E-state index in [1.807, 2.05) is 0 Å². The van der Waals surface area contributed by atoms with Crippen LogP contribution in [0.3, 0.4) is 0 Å². The lowest BCUT2D eigenvalue weighted by Gasteiger charge is -2.04. The van der Waals surface area contributed by atoms with Gasteiger partial charge in [0.25, 0.3) is 5.91 Å². The van der Waals surface area contributed by atoms with Crippen LogP contribution in [0.5, 0.6) is 0 Å². The topological polar surface area (TPSA) is 114 Å². The monoisotopic (exact) mass is 289 g/mol. The quantitative estimate of drug-likeness (QED) is 0.563. The highest BCUT2D eigenvalue weighted by molar-refractivity contribution is 7.89. The number of nitrogens with two attached hydrogens (primary N) is 1. The number of aliphatic hydroxyl groups excluding tert-OH is 1. The molecule has 0 bridgehead atoms. The molecule has 1 aromatic rings. The van der Waals surface area contributed by atoms with Crippen molar-refractivity contribution in [2.45, 2.75) is 24.2 Å². The first-order valence-electron chi connectivity index (χ1n) is 5.95. The van der Waals surface area contributed by atoms with E-state index in [1.54, 1.807) is 7.05 Å². The first kappa shape index (κ1) is 15.7. The number of carbonyl (C=O) groups is 1. The smallest absolute Gasteiger partial charge is 0.265 e. The number of primary amides is 1. The zero-order chi connectivity index (χ0) is 14.5. The third-order valence-corrected chi connectivity index (χ3v) is 4.10. The summed E-state index contributed by atoms with van der Waals surface area (Å²) in [5.74, 6) is -0.674. The molecule has 4 N–H and O–H groups in total. The summed E-state index contributed by atoms with van der Waals surface area (Å²) in [5.41, 5.74) is 5.27. The Labute approximate surface area is 112 Å². The van der Waals surface area contributed by atoms with Crippen LogP contribution in [-0.4, -0.2) is 37.2 Å². The number of aromatic nitrogens is 1. The van der Waals surface area contributed by atoms with Gasteiger partial charge in [0.1, 0.15) is 10.6 Å². The van der Waals surface area contributed by atoms with E-state index < -0.39 is 15.9 Å². The molecular weight excluding hydrogens is 270 g/mol. The minimum atomic E-state index is -3.62. The number of aliphatic hydroxyl groups is 1. The molecule has 19 heavy (non-hydrogen) atoms. The maximum absolute atomic E-state index is 11.9. The summed E-state index contributed by atoms with van der Waals surface area (Å²) in [6.45, 7) is 0.399. The molecule has 1 aromatic heterocycles. The Morgan fingerprint density at radius 1 is 1.42 bits per heavy atom. The molecule has 0 unspecified atom stereocenters. The normalized spacial score (nSPS) is 11.7. The zero-order valence-electron chi connectivity index (χ0n) is 10.8. The van der Waals surface area contributed by atoms with Crippen molar-refractivity contribution >= 4 is 15.9 Å². The fourth-order valence-corrected chi connectivity index (χ4v) is 2.77. The van der Waals surface area contributed by atoms with E-state index in [4.69, 9.17) is 10.8 Å². The lowest BCUT2D eigenvalue weighted by molar-refractivity contribution is 0.0992. The van der Waals surface area contributed by atoms with Gasteiger partial charge in [0, 0.05) is 26.4 Å². The Bertz CT molecular complexity index is 536. The highest BCUT2D eigenvalue weighted by Crippen LogP contribution is 2.13. The second-order valence-corrected chi connectivity index (χ2v) is 5.99.